The molecule has 128 valence electrons. The Morgan fingerprint density at radius 1 is 1.25 bits per heavy atom. The smallest absolute Gasteiger partial charge is 0.222 e. The van der Waals surface area contributed by atoms with Gasteiger partial charge in [0.05, 0.1) is 6.07 Å². The van der Waals surface area contributed by atoms with Crippen LogP contribution in [0.15, 0.2) is 30.3 Å². The number of anilines is 1. The van der Waals surface area contributed by atoms with Crippen molar-refractivity contribution in [1.29, 1.82) is 5.26 Å². The van der Waals surface area contributed by atoms with Gasteiger partial charge in [-0.3, -0.25) is 9.69 Å². The van der Waals surface area contributed by atoms with Crippen molar-refractivity contribution < 1.29 is 4.79 Å². The zero-order chi connectivity index (χ0) is 16.8. The second-order valence-corrected chi connectivity index (χ2v) is 7.56. The number of nitrogens with one attached hydrogen (secondary N) is 1. The number of amides is 1. The summed E-state index contributed by atoms with van der Waals surface area (Å²) in [6, 6.07) is 12.8. The van der Waals surface area contributed by atoms with Gasteiger partial charge in [0.2, 0.25) is 5.91 Å². The maximum absolute atomic E-state index is 12.2. The van der Waals surface area contributed by atoms with E-state index in [1.165, 1.54) is 5.69 Å². The Morgan fingerprint density at radius 2 is 2.00 bits per heavy atom. The van der Waals surface area contributed by atoms with Crippen molar-refractivity contribution in [3.63, 3.8) is 0 Å². The molecule has 2 saturated heterocycles. The zero-order valence-corrected chi connectivity index (χ0v) is 14.7. The molecular weight excluding hydrogens is 320 g/mol. The predicted molar refractivity (Wildman–Crippen MR) is 98.1 cm³/mol. The number of thioether (sulfide) groups is 1. The van der Waals surface area contributed by atoms with Gasteiger partial charge in [0.15, 0.2) is 0 Å². The Bertz CT molecular complexity index is 587. The third-order valence-electron chi connectivity index (χ3n) is 4.76. The molecule has 0 bridgehead atoms. The molecule has 0 unspecified atom stereocenters. The van der Waals surface area contributed by atoms with Gasteiger partial charge in [-0.15, -0.1) is 0 Å². The molecule has 1 amide bonds. The van der Waals surface area contributed by atoms with Gasteiger partial charge in [-0.2, -0.15) is 17.0 Å². The van der Waals surface area contributed by atoms with Crippen molar-refractivity contribution in [2.45, 2.75) is 18.4 Å². The molecule has 2 fully saturated rings. The maximum atomic E-state index is 12.2. The molecule has 5 nitrogen and oxygen atoms in total. The lowest BCUT2D eigenvalue weighted by atomic mass is 10.0. The summed E-state index contributed by atoms with van der Waals surface area (Å²) in [5, 5.41) is 12.3. The molecule has 0 saturated carbocycles. The van der Waals surface area contributed by atoms with Gasteiger partial charge >= 0.3 is 0 Å². The minimum atomic E-state index is -0.631. The highest BCUT2D eigenvalue weighted by Crippen LogP contribution is 2.27. The van der Waals surface area contributed by atoms with E-state index >= 15 is 0 Å². The lowest BCUT2D eigenvalue weighted by molar-refractivity contribution is -0.122. The third kappa shape index (κ3) is 4.22. The van der Waals surface area contributed by atoms with Crippen molar-refractivity contribution in [2.75, 3.05) is 49.1 Å². The number of para-hydroxylation sites is 1. The Kier molecular flexibility index (Phi) is 5.64. The second-order valence-electron chi connectivity index (χ2n) is 6.46. The number of nitriles is 1. The normalized spacial score (nSPS) is 24.5. The second kappa shape index (κ2) is 7.91. The SMILES string of the molecule is N#C[C@@]1(NC(=O)CCN2CCN(c3ccccc3)CC2)CCSC1. The van der Waals surface area contributed by atoms with E-state index in [0.29, 0.717) is 12.2 Å². The molecule has 2 aliphatic heterocycles. The molecule has 24 heavy (non-hydrogen) atoms. The molecule has 1 aromatic carbocycles. The van der Waals surface area contributed by atoms with Gasteiger partial charge < -0.3 is 10.2 Å². The minimum absolute atomic E-state index is 0.00420. The summed E-state index contributed by atoms with van der Waals surface area (Å²) in [6.07, 6.45) is 1.23. The zero-order valence-electron chi connectivity index (χ0n) is 13.9. The molecule has 0 radical (unpaired) electrons. The highest BCUT2D eigenvalue weighted by atomic mass is 32.2. The lowest BCUT2D eigenvalue weighted by Gasteiger charge is -2.36. The number of carbonyl (C=O) groups excluding carboxylic acids is 1. The number of carbonyl (C=O) groups is 1. The van der Waals surface area contributed by atoms with E-state index in [-0.39, 0.29) is 5.91 Å². The first-order valence-electron chi connectivity index (χ1n) is 8.53. The van der Waals surface area contributed by atoms with Gasteiger partial charge in [0.25, 0.3) is 0 Å². The van der Waals surface area contributed by atoms with Crippen molar-refractivity contribution in [1.82, 2.24) is 10.2 Å². The fourth-order valence-corrected chi connectivity index (χ4v) is 4.50. The van der Waals surface area contributed by atoms with Crippen LogP contribution in [-0.2, 0) is 4.79 Å². The average molecular weight is 344 g/mol. The van der Waals surface area contributed by atoms with Crippen LogP contribution in [0.4, 0.5) is 5.69 Å². The topological polar surface area (TPSA) is 59.4 Å². The Labute approximate surface area is 148 Å². The molecule has 2 heterocycles. The van der Waals surface area contributed by atoms with E-state index in [1.807, 2.05) is 6.07 Å². The first-order valence-corrected chi connectivity index (χ1v) is 9.69. The molecule has 0 spiro atoms. The molecule has 0 aliphatic carbocycles. The Morgan fingerprint density at radius 3 is 2.62 bits per heavy atom. The summed E-state index contributed by atoms with van der Waals surface area (Å²) < 4.78 is 0. The quantitative estimate of drug-likeness (QED) is 0.881. The number of hydrogen-bond donors (Lipinski definition) is 1. The van der Waals surface area contributed by atoms with Crippen LogP contribution in [0.2, 0.25) is 0 Å². The van der Waals surface area contributed by atoms with Gasteiger partial charge in [0.1, 0.15) is 5.54 Å². The first kappa shape index (κ1) is 17.1. The van der Waals surface area contributed by atoms with Crippen molar-refractivity contribution in [2.24, 2.45) is 0 Å². The van der Waals surface area contributed by atoms with E-state index in [0.717, 1.165) is 44.9 Å². The van der Waals surface area contributed by atoms with Crippen LogP contribution in [0.5, 0.6) is 0 Å². The minimum Gasteiger partial charge on any atom is -0.369 e. The molecule has 2 aliphatic rings. The number of rotatable bonds is 5. The summed E-state index contributed by atoms with van der Waals surface area (Å²) in [7, 11) is 0. The molecule has 1 atom stereocenters. The number of nitrogens with zero attached hydrogens (tertiary/aromatic N) is 3. The number of piperazine rings is 1. The van der Waals surface area contributed by atoms with Crippen LogP contribution >= 0.6 is 11.8 Å². The van der Waals surface area contributed by atoms with Crippen LogP contribution in [0.25, 0.3) is 0 Å². The average Bonchev–Trinajstić information content (AvgIpc) is 3.10. The summed E-state index contributed by atoms with van der Waals surface area (Å²) in [6.45, 7) is 4.70. The van der Waals surface area contributed by atoms with E-state index in [1.54, 1.807) is 11.8 Å². The van der Waals surface area contributed by atoms with Crippen LogP contribution in [0.3, 0.4) is 0 Å². The summed E-state index contributed by atoms with van der Waals surface area (Å²) in [5.41, 5.74) is 0.637. The Balaban J connectivity index is 1.40. The molecule has 1 aromatic rings. The van der Waals surface area contributed by atoms with Crippen molar-refractivity contribution >= 4 is 23.4 Å². The van der Waals surface area contributed by atoms with Crippen molar-refractivity contribution in [3.05, 3.63) is 30.3 Å². The fraction of sp³-hybridized carbons (Fsp3) is 0.556. The van der Waals surface area contributed by atoms with Gasteiger partial charge in [0, 0.05) is 50.6 Å². The van der Waals surface area contributed by atoms with E-state index in [2.05, 4.69) is 45.5 Å². The van der Waals surface area contributed by atoms with E-state index in [9.17, 15) is 10.1 Å². The maximum Gasteiger partial charge on any atom is 0.222 e. The van der Waals surface area contributed by atoms with Gasteiger partial charge in [-0.05, 0) is 24.3 Å². The van der Waals surface area contributed by atoms with Gasteiger partial charge in [-0.1, -0.05) is 18.2 Å². The highest BCUT2D eigenvalue weighted by Gasteiger charge is 2.35. The van der Waals surface area contributed by atoms with Crippen LogP contribution in [-0.4, -0.2) is 60.6 Å². The van der Waals surface area contributed by atoms with Crippen LogP contribution < -0.4 is 10.2 Å². The fourth-order valence-electron chi connectivity index (χ4n) is 3.24. The number of hydrogen-bond acceptors (Lipinski definition) is 5. The van der Waals surface area contributed by atoms with Crippen molar-refractivity contribution in [3.8, 4) is 6.07 Å². The summed E-state index contributed by atoms with van der Waals surface area (Å²) in [5.74, 6) is 1.67. The largest absolute Gasteiger partial charge is 0.369 e. The third-order valence-corrected chi connectivity index (χ3v) is 5.95. The van der Waals surface area contributed by atoms with Crippen LogP contribution in [0, 0.1) is 11.3 Å². The number of benzene rings is 1. The molecule has 1 N–H and O–H groups in total. The Hall–Kier alpha value is -1.71. The highest BCUT2D eigenvalue weighted by molar-refractivity contribution is 7.99. The molecule has 6 heteroatoms. The standard InChI is InChI=1S/C18H24N4OS/c19-14-18(7-13-24-15-18)20-17(23)6-8-21-9-11-22(12-10-21)16-4-2-1-3-5-16/h1-5H,6-13,15H2,(H,20,23)/t18-/m0/s1. The lowest BCUT2D eigenvalue weighted by Crippen LogP contribution is -2.50. The van der Waals surface area contributed by atoms with Gasteiger partial charge in [-0.25, -0.2) is 0 Å². The summed E-state index contributed by atoms with van der Waals surface area (Å²) >= 11 is 1.74. The van der Waals surface area contributed by atoms with E-state index in [4.69, 9.17) is 0 Å². The predicted octanol–water partition coefficient (Wildman–Crippen LogP) is 1.71. The molecule has 3 rings (SSSR count). The van der Waals surface area contributed by atoms with E-state index < -0.39 is 5.54 Å². The van der Waals surface area contributed by atoms with Crippen LogP contribution in [0.1, 0.15) is 12.8 Å². The molecular formula is C18H24N4OS. The monoisotopic (exact) mass is 344 g/mol. The first-order chi connectivity index (χ1) is 11.7. The molecule has 0 aromatic heterocycles. The summed E-state index contributed by atoms with van der Waals surface area (Å²) in [4.78, 5) is 16.9.